The van der Waals surface area contributed by atoms with Crippen molar-refractivity contribution in [2.24, 2.45) is 0 Å². The molecule has 0 unspecified atom stereocenters. The molecule has 1 amide bonds. The third kappa shape index (κ3) is 3.77. The highest BCUT2D eigenvalue weighted by Gasteiger charge is 2.23. The fraction of sp³-hybridized carbons (Fsp3) is 0.316. The van der Waals surface area contributed by atoms with Crippen molar-refractivity contribution in [2.45, 2.75) is 26.3 Å². The van der Waals surface area contributed by atoms with Crippen LogP contribution >= 0.6 is 0 Å². The fourth-order valence-electron chi connectivity index (χ4n) is 3.09. The number of nitrogens with one attached hydrogen (secondary N) is 3. The van der Waals surface area contributed by atoms with Crippen LogP contribution in [-0.2, 0) is 13.0 Å². The second kappa shape index (κ2) is 7.86. The largest absolute Gasteiger partial charge is 0.384 e. The number of fused-ring (bicyclic) bond motifs is 1. The van der Waals surface area contributed by atoms with E-state index < -0.39 is 0 Å². The first kappa shape index (κ1) is 17.7. The van der Waals surface area contributed by atoms with Gasteiger partial charge in [-0.2, -0.15) is 0 Å². The van der Waals surface area contributed by atoms with Crippen molar-refractivity contribution in [1.82, 2.24) is 5.32 Å². The molecule has 0 saturated carbocycles. The first-order valence-electron chi connectivity index (χ1n) is 8.75. The van der Waals surface area contributed by atoms with Crippen LogP contribution in [0.5, 0.6) is 0 Å². The Morgan fingerprint density at radius 1 is 1.31 bits per heavy atom. The Bertz CT molecular complexity index is 836. The minimum absolute atomic E-state index is 0.0734. The average molecular weight is 354 g/mol. The van der Waals surface area contributed by atoms with Crippen LogP contribution in [0.1, 0.15) is 34.8 Å². The number of carbonyl (C=O) groups is 1. The maximum absolute atomic E-state index is 12.1. The Kier molecular flexibility index (Phi) is 5.36. The Hall–Kier alpha value is -3.09. The smallest absolute Gasteiger partial charge is 0.292 e. The van der Waals surface area contributed by atoms with Gasteiger partial charge in [-0.15, -0.1) is 0 Å². The number of rotatable bonds is 7. The van der Waals surface area contributed by atoms with Crippen molar-refractivity contribution in [3.05, 3.63) is 63.2 Å². The lowest BCUT2D eigenvalue weighted by Gasteiger charge is -2.12. The SMILES string of the molecule is CCCNC(=O)c1cccc(CNc2c([N+](=O)[O-])ccc3c2CCN3)c1. The van der Waals surface area contributed by atoms with Gasteiger partial charge in [0.15, 0.2) is 0 Å². The molecule has 3 rings (SSSR count). The van der Waals surface area contributed by atoms with Gasteiger partial charge < -0.3 is 16.0 Å². The third-order valence-corrected chi connectivity index (χ3v) is 4.37. The van der Waals surface area contributed by atoms with E-state index in [2.05, 4.69) is 16.0 Å². The predicted octanol–water partition coefficient (Wildman–Crippen LogP) is 3.31. The summed E-state index contributed by atoms with van der Waals surface area (Å²) < 4.78 is 0. The molecule has 2 aromatic rings. The average Bonchev–Trinajstić information content (AvgIpc) is 3.13. The zero-order valence-corrected chi connectivity index (χ0v) is 14.7. The van der Waals surface area contributed by atoms with Gasteiger partial charge in [0.1, 0.15) is 5.69 Å². The summed E-state index contributed by atoms with van der Waals surface area (Å²) in [6, 6.07) is 10.6. The van der Waals surface area contributed by atoms with E-state index in [9.17, 15) is 14.9 Å². The number of hydrogen-bond acceptors (Lipinski definition) is 5. The van der Waals surface area contributed by atoms with E-state index in [1.54, 1.807) is 12.1 Å². The van der Waals surface area contributed by atoms with Crippen LogP contribution in [0, 0.1) is 10.1 Å². The lowest BCUT2D eigenvalue weighted by atomic mass is 10.1. The molecule has 0 saturated heterocycles. The van der Waals surface area contributed by atoms with Gasteiger partial charge in [-0.05, 0) is 36.6 Å². The molecule has 2 aromatic carbocycles. The predicted molar refractivity (Wildman–Crippen MR) is 102 cm³/mol. The number of hydrogen-bond donors (Lipinski definition) is 3. The first-order valence-corrected chi connectivity index (χ1v) is 8.75. The van der Waals surface area contributed by atoms with E-state index in [4.69, 9.17) is 0 Å². The Morgan fingerprint density at radius 2 is 2.15 bits per heavy atom. The fourth-order valence-corrected chi connectivity index (χ4v) is 3.09. The molecule has 26 heavy (non-hydrogen) atoms. The van der Waals surface area contributed by atoms with Gasteiger partial charge in [0.05, 0.1) is 4.92 Å². The summed E-state index contributed by atoms with van der Waals surface area (Å²) in [6.07, 6.45) is 1.63. The molecule has 1 heterocycles. The number of carbonyl (C=O) groups excluding carboxylic acids is 1. The Balaban J connectivity index is 1.79. The molecule has 1 aliphatic rings. The first-order chi connectivity index (χ1) is 12.6. The second-order valence-corrected chi connectivity index (χ2v) is 6.23. The molecule has 7 nitrogen and oxygen atoms in total. The van der Waals surface area contributed by atoms with Crippen molar-refractivity contribution in [3.63, 3.8) is 0 Å². The second-order valence-electron chi connectivity index (χ2n) is 6.23. The lowest BCUT2D eigenvalue weighted by Crippen LogP contribution is -2.24. The lowest BCUT2D eigenvalue weighted by molar-refractivity contribution is -0.384. The zero-order valence-electron chi connectivity index (χ0n) is 14.7. The summed E-state index contributed by atoms with van der Waals surface area (Å²) >= 11 is 0. The topological polar surface area (TPSA) is 96.3 Å². The Morgan fingerprint density at radius 3 is 2.92 bits per heavy atom. The van der Waals surface area contributed by atoms with Crippen molar-refractivity contribution in [2.75, 3.05) is 23.7 Å². The summed E-state index contributed by atoms with van der Waals surface area (Å²) in [5, 5.41) is 20.7. The van der Waals surface area contributed by atoms with Gasteiger partial charge in [-0.3, -0.25) is 14.9 Å². The van der Waals surface area contributed by atoms with Gasteiger partial charge in [0, 0.05) is 42.5 Å². The van der Waals surface area contributed by atoms with Gasteiger partial charge in [0.2, 0.25) is 0 Å². The highest BCUT2D eigenvalue weighted by molar-refractivity contribution is 5.94. The highest BCUT2D eigenvalue weighted by atomic mass is 16.6. The van der Waals surface area contributed by atoms with E-state index in [1.807, 2.05) is 25.1 Å². The number of amides is 1. The van der Waals surface area contributed by atoms with E-state index in [1.165, 1.54) is 6.07 Å². The Labute approximate surface area is 152 Å². The van der Waals surface area contributed by atoms with Crippen molar-refractivity contribution >= 4 is 23.0 Å². The van der Waals surface area contributed by atoms with Crippen molar-refractivity contribution in [3.8, 4) is 0 Å². The molecule has 0 atom stereocenters. The number of nitro benzene ring substituents is 1. The molecule has 0 radical (unpaired) electrons. The quantitative estimate of drug-likeness (QED) is 0.524. The third-order valence-electron chi connectivity index (χ3n) is 4.37. The summed E-state index contributed by atoms with van der Waals surface area (Å²) in [5.74, 6) is -0.107. The normalized spacial score (nSPS) is 12.2. The number of benzene rings is 2. The molecule has 3 N–H and O–H groups in total. The monoisotopic (exact) mass is 354 g/mol. The summed E-state index contributed by atoms with van der Waals surface area (Å²) in [6.45, 7) is 3.82. The van der Waals surface area contributed by atoms with Crippen LogP contribution in [0.15, 0.2) is 36.4 Å². The number of nitro groups is 1. The number of nitrogens with zero attached hydrogens (tertiary/aromatic N) is 1. The molecule has 0 aromatic heterocycles. The van der Waals surface area contributed by atoms with Crippen LogP contribution in [0.2, 0.25) is 0 Å². The number of anilines is 2. The molecule has 1 aliphatic heterocycles. The van der Waals surface area contributed by atoms with Gasteiger partial charge in [-0.1, -0.05) is 19.1 Å². The van der Waals surface area contributed by atoms with Crippen LogP contribution in [0.4, 0.5) is 17.1 Å². The van der Waals surface area contributed by atoms with E-state index in [-0.39, 0.29) is 16.5 Å². The van der Waals surface area contributed by atoms with E-state index in [0.29, 0.717) is 24.3 Å². The maximum atomic E-state index is 12.1. The standard InChI is InChI=1S/C19H22N4O3/c1-2-9-21-19(24)14-5-3-4-13(11-14)12-22-18-15-8-10-20-16(15)6-7-17(18)23(25)26/h3-7,11,20,22H,2,8-10,12H2,1H3,(H,21,24). The molecular weight excluding hydrogens is 332 g/mol. The molecule has 0 spiro atoms. The molecule has 0 bridgehead atoms. The van der Waals surface area contributed by atoms with Gasteiger partial charge >= 0.3 is 0 Å². The van der Waals surface area contributed by atoms with E-state index in [0.717, 1.165) is 36.2 Å². The van der Waals surface area contributed by atoms with Gasteiger partial charge in [0.25, 0.3) is 11.6 Å². The molecular formula is C19H22N4O3. The summed E-state index contributed by atoms with van der Waals surface area (Å²) in [7, 11) is 0. The minimum atomic E-state index is -0.366. The maximum Gasteiger partial charge on any atom is 0.292 e. The highest BCUT2D eigenvalue weighted by Crippen LogP contribution is 2.37. The van der Waals surface area contributed by atoms with Crippen molar-refractivity contribution in [1.29, 1.82) is 0 Å². The minimum Gasteiger partial charge on any atom is -0.384 e. The summed E-state index contributed by atoms with van der Waals surface area (Å²) in [4.78, 5) is 23.1. The zero-order chi connectivity index (χ0) is 18.5. The van der Waals surface area contributed by atoms with Crippen LogP contribution < -0.4 is 16.0 Å². The molecule has 0 aliphatic carbocycles. The van der Waals surface area contributed by atoms with Crippen LogP contribution in [0.25, 0.3) is 0 Å². The van der Waals surface area contributed by atoms with Crippen molar-refractivity contribution < 1.29 is 9.72 Å². The van der Waals surface area contributed by atoms with Crippen LogP contribution in [0.3, 0.4) is 0 Å². The molecule has 0 fully saturated rings. The van der Waals surface area contributed by atoms with Gasteiger partial charge in [-0.25, -0.2) is 0 Å². The molecule has 7 heteroatoms. The van der Waals surface area contributed by atoms with Crippen LogP contribution in [-0.4, -0.2) is 23.9 Å². The molecule has 136 valence electrons. The van der Waals surface area contributed by atoms with E-state index >= 15 is 0 Å². The summed E-state index contributed by atoms with van der Waals surface area (Å²) in [5.41, 5.74) is 3.99.